The third-order valence-electron chi connectivity index (χ3n) is 15.1. The quantitative estimate of drug-likeness (QED) is 0.0196. The fourth-order valence-electron chi connectivity index (χ4n) is 10.3. The first kappa shape index (κ1) is 71.9. The Morgan fingerprint density at radius 3 is 1.20 bits per heavy atom. The van der Waals surface area contributed by atoms with Crippen molar-refractivity contribution in [2.45, 2.75) is 352 Å². The summed E-state index contributed by atoms with van der Waals surface area (Å²) in [6.07, 6.45) is 55.5. The molecule has 4 N–H and O–H groups in total. The van der Waals surface area contributed by atoms with Gasteiger partial charge in [-0.1, -0.05) is 283 Å². The van der Waals surface area contributed by atoms with Gasteiger partial charge in [-0.15, -0.1) is 0 Å². The smallest absolute Gasteiger partial charge is 0.397 e. The van der Waals surface area contributed by atoms with Crippen molar-refractivity contribution in [2.24, 2.45) is 0 Å². The van der Waals surface area contributed by atoms with E-state index in [9.17, 15) is 33.1 Å². The van der Waals surface area contributed by atoms with E-state index in [1.54, 1.807) is 0 Å². The van der Waals surface area contributed by atoms with Gasteiger partial charge in [0.05, 0.1) is 19.8 Å². The molecule has 1 aliphatic heterocycles. The van der Waals surface area contributed by atoms with Crippen LogP contribution >= 0.6 is 0 Å². The molecular formula is C62H120O12S. The van der Waals surface area contributed by atoms with Gasteiger partial charge in [-0.25, -0.2) is 4.18 Å². The summed E-state index contributed by atoms with van der Waals surface area (Å²) in [5, 5.41) is 30.9. The van der Waals surface area contributed by atoms with Crippen LogP contribution in [0.5, 0.6) is 0 Å². The highest BCUT2D eigenvalue weighted by molar-refractivity contribution is 7.80. The number of allylic oxidation sites excluding steroid dienone is 2. The van der Waals surface area contributed by atoms with Gasteiger partial charge in [0.2, 0.25) is 0 Å². The Kier molecular flexibility index (Phi) is 51.2. The minimum absolute atomic E-state index is 0.0436. The third kappa shape index (κ3) is 46.3. The summed E-state index contributed by atoms with van der Waals surface area (Å²) in [7, 11) is -5.07. The number of aliphatic hydroxyl groups excluding tert-OH is 3. The molecule has 0 aromatic rings. The lowest BCUT2D eigenvalue weighted by molar-refractivity contribution is -0.301. The van der Waals surface area contributed by atoms with Crippen LogP contribution in [-0.2, 0) is 38.3 Å². The van der Waals surface area contributed by atoms with Gasteiger partial charge < -0.3 is 34.3 Å². The molecule has 13 heteroatoms. The number of rotatable bonds is 58. The molecule has 0 aliphatic carbocycles. The number of carbonyl (C=O) groups is 1. The van der Waals surface area contributed by atoms with Crippen LogP contribution in [0.1, 0.15) is 316 Å². The minimum atomic E-state index is -5.07. The predicted molar refractivity (Wildman–Crippen MR) is 308 cm³/mol. The second-order valence-corrected chi connectivity index (χ2v) is 23.4. The molecule has 0 aromatic carbocycles. The Bertz CT molecular complexity index is 1350. The SMILES string of the molecule is CCCCCCCCCC/C=C\CCCCCCCCCCCCCCCC(=O)OC(COCCCCCCCCCCCCCCCCCCCCCCCCC)COC1OC(CO)C(O)C(OS(=O)(=O)O)C1O. The van der Waals surface area contributed by atoms with Crippen molar-refractivity contribution >= 4 is 16.4 Å². The highest BCUT2D eigenvalue weighted by atomic mass is 32.3. The van der Waals surface area contributed by atoms with Gasteiger partial charge in [0.25, 0.3) is 0 Å². The number of ether oxygens (including phenoxy) is 4. The van der Waals surface area contributed by atoms with E-state index in [0.717, 1.165) is 38.5 Å². The number of hydrogen-bond acceptors (Lipinski definition) is 11. The highest BCUT2D eigenvalue weighted by Crippen LogP contribution is 2.26. The molecule has 1 fully saturated rings. The fraction of sp³-hybridized carbons (Fsp3) is 0.952. The Labute approximate surface area is 461 Å². The second-order valence-electron chi connectivity index (χ2n) is 22.4. The molecule has 446 valence electrons. The summed E-state index contributed by atoms with van der Waals surface area (Å²) in [4.78, 5) is 13.0. The van der Waals surface area contributed by atoms with E-state index in [1.165, 1.54) is 250 Å². The van der Waals surface area contributed by atoms with Gasteiger partial charge in [0, 0.05) is 13.0 Å². The van der Waals surface area contributed by atoms with Gasteiger partial charge in [0.15, 0.2) is 6.29 Å². The maximum atomic E-state index is 13.0. The molecule has 6 atom stereocenters. The van der Waals surface area contributed by atoms with Crippen LogP contribution in [0.4, 0.5) is 0 Å². The second kappa shape index (κ2) is 53.5. The zero-order valence-corrected chi connectivity index (χ0v) is 49.5. The lowest BCUT2D eigenvalue weighted by atomic mass is 9.99. The van der Waals surface area contributed by atoms with Crippen LogP contribution in [0.2, 0.25) is 0 Å². The van der Waals surface area contributed by atoms with E-state index in [1.807, 2.05) is 0 Å². The van der Waals surface area contributed by atoms with E-state index in [2.05, 4.69) is 30.2 Å². The van der Waals surface area contributed by atoms with Crippen molar-refractivity contribution in [3.05, 3.63) is 12.2 Å². The molecule has 0 bridgehead atoms. The number of hydrogen-bond donors (Lipinski definition) is 4. The monoisotopic (exact) mass is 1090 g/mol. The summed E-state index contributed by atoms with van der Waals surface area (Å²) in [5.41, 5.74) is 0. The van der Waals surface area contributed by atoms with Crippen molar-refractivity contribution in [3.63, 3.8) is 0 Å². The zero-order chi connectivity index (χ0) is 54.6. The molecule has 75 heavy (non-hydrogen) atoms. The molecule has 12 nitrogen and oxygen atoms in total. The molecule has 1 saturated heterocycles. The lowest BCUT2D eigenvalue weighted by Gasteiger charge is -2.41. The topological polar surface area (TPSA) is 178 Å². The van der Waals surface area contributed by atoms with Gasteiger partial charge in [-0.05, 0) is 38.5 Å². The van der Waals surface area contributed by atoms with Crippen LogP contribution in [0.25, 0.3) is 0 Å². The van der Waals surface area contributed by atoms with E-state index >= 15 is 0 Å². The summed E-state index contributed by atoms with van der Waals surface area (Å²) in [5.74, 6) is -0.390. The minimum Gasteiger partial charge on any atom is -0.457 e. The molecule has 6 unspecified atom stereocenters. The van der Waals surface area contributed by atoms with Crippen LogP contribution < -0.4 is 0 Å². The highest BCUT2D eigenvalue weighted by Gasteiger charge is 2.48. The van der Waals surface area contributed by atoms with E-state index in [-0.39, 0.29) is 19.6 Å². The van der Waals surface area contributed by atoms with Crippen molar-refractivity contribution in [3.8, 4) is 0 Å². The Hall–Kier alpha value is -1.16. The summed E-state index contributed by atoms with van der Waals surface area (Å²) >= 11 is 0. The standard InChI is InChI=1S/C62H120O12S/c1-3-5-7-9-11-13-15-17-19-21-23-25-27-28-29-31-33-35-37-39-41-43-45-47-49-51-58(64)72-56(55-71-62-60(66)61(74-75(67,68)69)59(65)57(53-63)73-62)54-70-52-50-48-46-44-42-40-38-36-34-32-30-26-24-22-20-18-16-14-12-10-8-6-4-2/h21,23,56-57,59-63,65-66H,3-20,22,24-55H2,1-2H3,(H,67,68,69)/b23-21-. The molecule has 0 saturated carbocycles. The summed E-state index contributed by atoms with van der Waals surface area (Å²) < 4.78 is 59.6. The third-order valence-corrected chi connectivity index (χ3v) is 15.6. The maximum Gasteiger partial charge on any atom is 0.397 e. The first-order valence-corrected chi connectivity index (χ1v) is 33.3. The molecule has 0 aromatic heterocycles. The summed E-state index contributed by atoms with van der Waals surface area (Å²) in [6.45, 7) is 4.08. The average Bonchev–Trinajstić information content (AvgIpc) is 3.39. The first-order chi connectivity index (χ1) is 36.6. The van der Waals surface area contributed by atoms with Crippen LogP contribution in [0, 0.1) is 0 Å². The molecule has 1 rings (SSSR count). The van der Waals surface area contributed by atoms with E-state index < -0.39 is 59.8 Å². The summed E-state index contributed by atoms with van der Waals surface area (Å²) in [6, 6.07) is 0. The molecule has 0 spiro atoms. The van der Waals surface area contributed by atoms with Crippen LogP contribution in [0.3, 0.4) is 0 Å². The van der Waals surface area contributed by atoms with Crippen molar-refractivity contribution in [1.82, 2.24) is 0 Å². The number of esters is 1. The Morgan fingerprint density at radius 1 is 0.493 bits per heavy atom. The van der Waals surface area contributed by atoms with Gasteiger partial charge in [-0.3, -0.25) is 9.35 Å². The van der Waals surface area contributed by atoms with Crippen LogP contribution in [0.15, 0.2) is 12.2 Å². The molecule has 1 aliphatic rings. The molecule has 0 radical (unpaired) electrons. The molecular weight excluding hydrogens is 969 g/mol. The average molecular weight is 1090 g/mol. The zero-order valence-electron chi connectivity index (χ0n) is 48.6. The predicted octanol–water partition coefficient (Wildman–Crippen LogP) is 16.5. The van der Waals surface area contributed by atoms with Gasteiger partial charge >= 0.3 is 16.4 Å². The van der Waals surface area contributed by atoms with Crippen molar-refractivity contribution < 1.29 is 56.2 Å². The van der Waals surface area contributed by atoms with Crippen LogP contribution in [-0.4, -0.2) is 97.5 Å². The molecule has 0 amide bonds. The largest absolute Gasteiger partial charge is 0.457 e. The van der Waals surface area contributed by atoms with Crippen molar-refractivity contribution in [2.75, 3.05) is 26.4 Å². The Balaban J connectivity index is 2.23. The number of carbonyl (C=O) groups excluding carboxylic acids is 1. The van der Waals surface area contributed by atoms with Crippen molar-refractivity contribution in [1.29, 1.82) is 0 Å². The van der Waals surface area contributed by atoms with E-state index in [0.29, 0.717) is 13.0 Å². The first-order valence-electron chi connectivity index (χ1n) is 31.9. The number of unbranched alkanes of at least 4 members (excludes halogenated alkanes) is 43. The fourth-order valence-corrected chi connectivity index (χ4v) is 10.8. The van der Waals surface area contributed by atoms with Gasteiger partial charge in [-0.2, -0.15) is 8.42 Å². The Morgan fingerprint density at radius 2 is 0.840 bits per heavy atom. The maximum absolute atomic E-state index is 13.0. The number of aliphatic hydroxyl groups is 3. The molecule has 1 heterocycles. The lowest BCUT2D eigenvalue weighted by Crippen LogP contribution is -2.60. The van der Waals surface area contributed by atoms with E-state index in [4.69, 9.17) is 18.9 Å². The van der Waals surface area contributed by atoms with Gasteiger partial charge in [0.1, 0.15) is 30.5 Å². The normalized spacial score (nSPS) is 18.6.